The number of H-pyrrole nitrogens is 1. The molecule has 13 heavy (non-hydrogen) atoms. The van der Waals surface area contributed by atoms with Crippen molar-refractivity contribution >= 4 is 23.1 Å². The molecule has 1 aliphatic rings. The lowest BCUT2D eigenvalue weighted by Crippen LogP contribution is -2.31. The van der Waals surface area contributed by atoms with Crippen molar-refractivity contribution in [2.45, 2.75) is 6.54 Å². The lowest BCUT2D eigenvalue weighted by molar-refractivity contribution is 0.293. The molecule has 0 amide bonds. The fourth-order valence-corrected chi connectivity index (χ4v) is 2.90. The summed E-state index contributed by atoms with van der Waals surface area (Å²) in [5.41, 5.74) is 0. The summed E-state index contributed by atoms with van der Waals surface area (Å²) in [5, 5.41) is 7.28. The number of aromatic amines is 1. The summed E-state index contributed by atoms with van der Waals surface area (Å²) < 4.78 is 0. The van der Waals surface area contributed by atoms with Gasteiger partial charge in [-0.25, -0.2) is 5.10 Å². The first-order chi connectivity index (χ1) is 6.34. The average molecular weight is 217 g/mol. The third kappa shape index (κ3) is 2.55. The summed E-state index contributed by atoms with van der Waals surface area (Å²) in [4.78, 5) is 13.1. The van der Waals surface area contributed by atoms with Gasteiger partial charge in [0.15, 0.2) is 0 Å². The van der Waals surface area contributed by atoms with E-state index in [1.54, 1.807) is 0 Å². The van der Waals surface area contributed by atoms with Gasteiger partial charge in [0.1, 0.15) is 5.01 Å². The number of nitrogens with one attached hydrogen (secondary N) is 1. The highest BCUT2D eigenvalue weighted by Gasteiger charge is 2.12. The molecular weight excluding hydrogens is 206 g/mol. The van der Waals surface area contributed by atoms with Crippen LogP contribution < -0.4 is 4.87 Å². The number of thioether (sulfide) groups is 1. The molecule has 0 atom stereocenters. The van der Waals surface area contributed by atoms with Crippen molar-refractivity contribution in [2.24, 2.45) is 0 Å². The summed E-state index contributed by atoms with van der Waals surface area (Å²) in [6.07, 6.45) is 0. The van der Waals surface area contributed by atoms with Crippen LogP contribution in [0, 0.1) is 0 Å². The van der Waals surface area contributed by atoms with Crippen LogP contribution in [0.1, 0.15) is 5.01 Å². The van der Waals surface area contributed by atoms with Gasteiger partial charge < -0.3 is 0 Å². The van der Waals surface area contributed by atoms with Gasteiger partial charge in [0.25, 0.3) is 0 Å². The Morgan fingerprint density at radius 2 is 2.23 bits per heavy atom. The molecule has 1 aromatic rings. The van der Waals surface area contributed by atoms with Gasteiger partial charge in [-0.1, -0.05) is 11.3 Å². The monoisotopic (exact) mass is 217 g/mol. The van der Waals surface area contributed by atoms with Crippen molar-refractivity contribution in [1.82, 2.24) is 15.1 Å². The normalized spacial score (nSPS) is 19.1. The molecular formula is C7H11N3OS2. The summed E-state index contributed by atoms with van der Waals surface area (Å²) in [6, 6.07) is 0. The molecule has 0 aromatic carbocycles. The second kappa shape index (κ2) is 4.26. The van der Waals surface area contributed by atoms with Gasteiger partial charge in [0, 0.05) is 24.6 Å². The Bertz CT molecular complexity index is 316. The maximum atomic E-state index is 10.8. The van der Waals surface area contributed by atoms with Crippen LogP contribution in [0.3, 0.4) is 0 Å². The van der Waals surface area contributed by atoms with E-state index in [1.807, 2.05) is 11.8 Å². The zero-order valence-corrected chi connectivity index (χ0v) is 8.79. The minimum atomic E-state index is -0.0543. The predicted molar refractivity (Wildman–Crippen MR) is 55.3 cm³/mol. The predicted octanol–water partition coefficient (Wildman–Crippen LogP) is 0.380. The van der Waals surface area contributed by atoms with E-state index in [0.29, 0.717) is 0 Å². The minimum absolute atomic E-state index is 0.0543. The Morgan fingerprint density at radius 1 is 1.46 bits per heavy atom. The second-order valence-corrected chi connectivity index (χ2v) is 5.17. The van der Waals surface area contributed by atoms with Crippen LogP contribution in [0.15, 0.2) is 4.79 Å². The molecule has 2 rings (SSSR count). The SMILES string of the molecule is O=c1[nH]nc(CN2CCSCC2)s1. The van der Waals surface area contributed by atoms with Crippen LogP contribution >= 0.6 is 23.1 Å². The van der Waals surface area contributed by atoms with Gasteiger partial charge in [-0.15, -0.1) is 0 Å². The van der Waals surface area contributed by atoms with Gasteiger partial charge in [-0.05, 0) is 0 Å². The van der Waals surface area contributed by atoms with Gasteiger partial charge in [0.2, 0.25) is 0 Å². The molecule has 1 fully saturated rings. The van der Waals surface area contributed by atoms with E-state index in [4.69, 9.17) is 0 Å². The second-order valence-electron chi connectivity index (χ2n) is 2.90. The highest BCUT2D eigenvalue weighted by molar-refractivity contribution is 7.99. The smallest absolute Gasteiger partial charge is 0.295 e. The molecule has 1 aliphatic heterocycles. The first kappa shape index (κ1) is 9.23. The Labute approximate surface area is 84.3 Å². The van der Waals surface area contributed by atoms with Gasteiger partial charge >= 0.3 is 4.87 Å². The number of aromatic nitrogens is 2. The molecule has 1 aromatic heterocycles. The van der Waals surface area contributed by atoms with Crippen molar-refractivity contribution in [3.05, 3.63) is 14.7 Å². The topological polar surface area (TPSA) is 49.0 Å². The number of hydrogen-bond acceptors (Lipinski definition) is 5. The molecule has 72 valence electrons. The summed E-state index contributed by atoms with van der Waals surface area (Å²) in [6.45, 7) is 3.04. The van der Waals surface area contributed by atoms with E-state index in [9.17, 15) is 4.79 Å². The first-order valence-electron chi connectivity index (χ1n) is 4.19. The Morgan fingerprint density at radius 3 is 2.85 bits per heavy atom. The van der Waals surface area contributed by atoms with Crippen LogP contribution in [0.5, 0.6) is 0 Å². The summed E-state index contributed by atoms with van der Waals surface area (Å²) in [7, 11) is 0. The van der Waals surface area contributed by atoms with Crippen LogP contribution in [-0.4, -0.2) is 39.7 Å². The van der Waals surface area contributed by atoms with Crippen LogP contribution in [0.2, 0.25) is 0 Å². The van der Waals surface area contributed by atoms with Crippen molar-refractivity contribution in [2.75, 3.05) is 24.6 Å². The molecule has 6 heteroatoms. The van der Waals surface area contributed by atoms with Gasteiger partial charge in [-0.2, -0.15) is 16.9 Å². The largest absolute Gasteiger partial charge is 0.322 e. The zero-order valence-electron chi connectivity index (χ0n) is 7.15. The quantitative estimate of drug-likeness (QED) is 0.778. The highest BCUT2D eigenvalue weighted by atomic mass is 32.2. The minimum Gasteiger partial charge on any atom is -0.295 e. The molecule has 0 saturated carbocycles. The molecule has 1 N–H and O–H groups in total. The highest BCUT2D eigenvalue weighted by Crippen LogP contribution is 2.12. The third-order valence-electron chi connectivity index (χ3n) is 1.94. The Hall–Kier alpha value is -0.330. The molecule has 4 nitrogen and oxygen atoms in total. The maximum Gasteiger partial charge on any atom is 0.322 e. The average Bonchev–Trinajstić information content (AvgIpc) is 2.53. The molecule has 0 aliphatic carbocycles. The molecule has 0 bridgehead atoms. The Balaban J connectivity index is 1.93. The van der Waals surface area contributed by atoms with Gasteiger partial charge in [0.05, 0.1) is 6.54 Å². The summed E-state index contributed by atoms with van der Waals surface area (Å²) >= 11 is 3.20. The summed E-state index contributed by atoms with van der Waals surface area (Å²) in [5.74, 6) is 2.39. The molecule has 0 spiro atoms. The van der Waals surface area contributed by atoms with E-state index in [2.05, 4.69) is 15.1 Å². The number of hydrogen-bond donors (Lipinski definition) is 1. The third-order valence-corrected chi connectivity index (χ3v) is 3.62. The van der Waals surface area contributed by atoms with Crippen molar-refractivity contribution < 1.29 is 0 Å². The fourth-order valence-electron chi connectivity index (χ4n) is 1.28. The lowest BCUT2D eigenvalue weighted by Gasteiger charge is -2.24. The standard InChI is InChI=1S/C7H11N3OS2/c11-7-9-8-6(13-7)5-10-1-3-12-4-2-10/h1-5H2,(H,9,11). The van der Waals surface area contributed by atoms with Crippen LogP contribution in [0.4, 0.5) is 0 Å². The van der Waals surface area contributed by atoms with Crippen molar-refractivity contribution in [3.63, 3.8) is 0 Å². The van der Waals surface area contributed by atoms with E-state index >= 15 is 0 Å². The van der Waals surface area contributed by atoms with Crippen LogP contribution in [0.25, 0.3) is 0 Å². The van der Waals surface area contributed by atoms with Crippen molar-refractivity contribution in [1.29, 1.82) is 0 Å². The Kier molecular flexibility index (Phi) is 3.02. The molecule has 0 radical (unpaired) electrons. The maximum absolute atomic E-state index is 10.8. The van der Waals surface area contributed by atoms with E-state index < -0.39 is 0 Å². The molecule has 1 saturated heterocycles. The molecule has 0 unspecified atom stereocenters. The van der Waals surface area contributed by atoms with Crippen LogP contribution in [-0.2, 0) is 6.54 Å². The first-order valence-corrected chi connectivity index (χ1v) is 6.16. The number of rotatable bonds is 2. The molecule has 2 heterocycles. The van der Waals surface area contributed by atoms with E-state index in [-0.39, 0.29) is 4.87 Å². The lowest BCUT2D eigenvalue weighted by atomic mass is 10.5. The van der Waals surface area contributed by atoms with Crippen molar-refractivity contribution in [3.8, 4) is 0 Å². The zero-order chi connectivity index (χ0) is 9.10. The van der Waals surface area contributed by atoms with Gasteiger partial charge in [-0.3, -0.25) is 9.69 Å². The van der Waals surface area contributed by atoms with E-state index in [0.717, 1.165) is 24.6 Å². The fraction of sp³-hybridized carbons (Fsp3) is 0.714. The van der Waals surface area contributed by atoms with E-state index in [1.165, 1.54) is 22.8 Å². The number of nitrogens with zero attached hydrogens (tertiary/aromatic N) is 2.